The number of rotatable bonds is 4. The Morgan fingerprint density at radius 1 is 1.04 bits per heavy atom. The molecule has 1 aliphatic heterocycles. The van der Waals surface area contributed by atoms with Gasteiger partial charge in [-0.05, 0) is 60.9 Å². The van der Waals surface area contributed by atoms with Crippen molar-refractivity contribution in [1.82, 2.24) is 0 Å². The van der Waals surface area contributed by atoms with Gasteiger partial charge in [0.25, 0.3) is 0 Å². The first-order valence-electron chi connectivity index (χ1n) is 9.02. The highest BCUT2D eigenvalue weighted by molar-refractivity contribution is 6.30. The van der Waals surface area contributed by atoms with E-state index in [-0.39, 0.29) is 11.5 Å². The molecular weight excluding hydrogens is 372 g/mol. The number of carbonyl (C=O) groups is 1. The van der Waals surface area contributed by atoms with Crippen LogP contribution in [0.25, 0.3) is 6.08 Å². The minimum Gasteiger partial charge on any atom is -0.489 e. The van der Waals surface area contributed by atoms with Crippen LogP contribution in [0.4, 0.5) is 0 Å². The van der Waals surface area contributed by atoms with Crippen molar-refractivity contribution in [1.29, 1.82) is 0 Å². The summed E-state index contributed by atoms with van der Waals surface area (Å²) in [5.74, 6) is 1.31. The van der Waals surface area contributed by atoms with Gasteiger partial charge < -0.3 is 9.47 Å². The van der Waals surface area contributed by atoms with Crippen LogP contribution < -0.4 is 9.47 Å². The number of allylic oxidation sites excluding steroid dienone is 1. The molecule has 0 saturated carbocycles. The average Bonchev–Trinajstić information content (AvgIpc) is 2.97. The summed E-state index contributed by atoms with van der Waals surface area (Å²) in [7, 11) is 0. The lowest BCUT2D eigenvalue weighted by atomic mass is 10.1. The molecule has 28 heavy (non-hydrogen) atoms. The van der Waals surface area contributed by atoms with Gasteiger partial charge in [-0.25, -0.2) is 0 Å². The SMILES string of the molecule is Cc1ccc(C)c(COc2ccc3c(c2)O/C(=C\c2cccc(Cl)c2)C3=O)c1. The number of ether oxygens (including phenoxy) is 2. The van der Waals surface area contributed by atoms with Crippen LogP contribution in [0.1, 0.15) is 32.6 Å². The molecule has 0 radical (unpaired) electrons. The number of aryl methyl sites for hydroxylation is 2. The molecule has 0 amide bonds. The lowest BCUT2D eigenvalue weighted by Gasteiger charge is -2.10. The van der Waals surface area contributed by atoms with Crippen LogP contribution in [-0.4, -0.2) is 5.78 Å². The van der Waals surface area contributed by atoms with Gasteiger partial charge in [-0.1, -0.05) is 47.5 Å². The normalized spacial score (nSPS) is 14.1. The summed E-state index contributed by atoms with van der Waals surface area (Å²) in [4.78, 5) is 12.6. The second-order valence-corrected chi connectivity index (χ2v) is 7.31. The zero-order valence-corrected chi connectivity index (χ0v) is 16.4. The monoisotopic (exact) mass is 390 g/mol. The van der Waals surface area contributed by atoms with Gasteiger partial charge in [0.05, 0.1) is 5.56 Å². The van der Waals surface area contributed by atoms with E-state index in [2.05, 4.69) is 32.0 Å². The van der Waals surface area contributed by atoms with Crippen LogP contribution in [0.15, 0.2) is 66.4 Å². The number of ketones is 1. The third kappa shape index (κ3) is 3.80. The van der Waals surface area contributed by atoms with Crippen LogP contribution in [0, 0.1) is 13.8 Å². The van der Waals surface area contributed by atoms with Crippen LogP contribution in [0.5, 0.6) is 11.5 Å². The number of benzene rings is 3. The second-order valence-electron chi connectivity index (χ2n) is 6.87. The summed E-state index contributed by atoms with van der Waals surface area (Å²) in [6.45, 7) is 4.59. The highest BCUT2D eigenvalue weighted by Crippen LogP contribution is 2.35. The topological polar surface area (TPSA) is 35.5 Å². The van der Waals surface area contributed by atoms with Gasteiger partial charge in [-0.2, -0.15) is 0 Å². The molecule has 3 nitrogen and oxygen atoms in total. The number of carbonyl (C=O) groups excluding carboxylic acids is 1. The molecule has 0 spiro atoms. The summed E-state index contributed by atoms with van der Waals surface area (Å²) in [5, 5.41) is 0.611. The molecule has 4 heteroatoms. The maximum Gasteiger partial charge on any atom is 0.231 e. The van der Waals surface area contributed by atoms with Crippen molar-refractivity contribution < 1.29 is 14.3 Å². The van der Waals surface area contributed by atoms with E-state index in [0.29, 0.717) is 28.7 Å². The van der Waals surface area contributed by atoms with Crippen molar-refractivity contribution in [2.75, 3.05) is 0 Å². The Labute approximate surface area is 169 Å². The first-order valence-corrected chi connectivity index (χ1v) is 9.40. The fourth-order valence-electron chi connectivity index (χ4n) is 3.12. The van der Waals surface area contributed by atoms with E-state index in [1.807, 2.05) is 12.1 Å². The Bertz CT molecular complexity index is 1100. The molecule has 0 atom stereocenters. The third-order valence-corrected chi connectivity index (χ3v) is 4.92. The number of Topliss-reactive ketones (excluding diaryl/α,β-unsaturated/α-hetero) is 1. The largest absolute Gasteiger partial charge is 0.489 e. The van der Waals surface area contributed by atoms with Crippen LogP contribution >= 0.6 is 11.6 Å². The Kier molecular flexibility index (Phi) is 4.93. The van der Waals surface area contributed by atoms with E-state index in [1.54, 1.807) is 36.4 Å². The molecule has 4 rings (SSSR count). The minimum atomic E-state index is -0.143. The van der Waals surface area contributed by atoms with E-state index >= 15 is 0 Å². The molecule has 0 unspecified atom stereocenters. The van der Waals surface area contributed by atoms with Gasteiger partial charge in [-0.3, -0.25) is 4.79 Å². The van der Waals surface area contributed by atoms with Crippen molar-refractivity contribution in [2.24, 2.45) is 0 Å². The number of fused-ring (bicyclic) bond motifs is 1. The molecule has 0 N–H and O–H groups in total. The maximum absolute atomic E-state index is 12.6. The molecular formula is C24H19ClO3. The maximum atomic E-state index is 12.6. The minimum absolute atomic E-state index is 0.143. The van der Waals surface area contributed by atoms with Crippen LogP contribution in [0.3, 0.4) is 0 Å². The molecule has 3 aromatic rings. The van der Waals surface area contributed by atoms with Gasteiger partial charge in [0.2, 0.25) is 5.78 Å². The van der Waals surface area contributed by atoms with E-state index in [9.17, 15) is 4.79 Å². The van der Waals surface area contributed by atoms with E-state index in [1.165, 1.54) is 11.1 Å². The quantitative estimate of drug-likeness (QED) is 0.501. The zero-order chi connectivity index (χ0) is 19.7. The van der Waals surface area contributed by atoms with Crippen molar-refractivity contribution >= 4 is 23.5 Å². The molecule has 3 aromatic carbocycles. The molecule has 0 aliphatic carbocycles. The number of hydrogen-bond donors (Lipinski definition) is 0. The Balaban J connectivity index is 1.53. The number of halogens is 1. The average molecular weight is 391 g/mol. The molecule has 0 bridgehead atoms. The Morgan fingerprint density at radius 2 is 1.89 bits per heavy atom. The lowest BCUT2D eigenvalue weighted by Crippen LogP contribution is -1.99. The standard InChI is InChI=1S/C24H19ClO3/c1-15-6-7-16(2)18(10-15)14-27-20-8-9-21-22(13-20)28-23(24(21)26)12-17-4-3-5-19(25)11-17/h3-13H,14H2,1-2H3/b23-12-. The van der Waals surface area contributed by atoms with E-state index < -0.39 is 0 Å². The second kappa shape index (κ2) is 7.53. The van der Waals surface area contributed by atoms with Gasteiger partial charge in [0.15, 0.2) is 5.76 Å². The summed E-state index contributed by atoms with van der Waals surface area (Å²) < 4.78 is 11.7. The van der Waals surface area contributed by atoms with E-state index in [4.69, 9.17) is 21.1 Å². The fraction of sp³-hybridized carbons (Fsp3) is 0.125. The summed E-state index contributed by atoms with van der Waals surface area (Å²) in [5.41, 5.74) is 4.87. The van der Waals surface area contributed by atoms with Gasteiger partial charge in [0.1, 0.15) is 18.1 Å². The third-order valence-electron chi connectivity index (χ3n) is 4.69. The van der Waals surface area contributed by atoms with E-state index in [0.717, 1.165) is 11.1 Å². The van der Waals surface area contributed by atoms with Crippen molar-refractivity contribution in [3.8, 4) is 11.5 Å². The smallest absolute Gasteiger partial charge is 0.231 e. The van der Waals surface area contributed by atoms with Crippen molar-refractivity contribution in [3.05, 3.63) is 99.3 Å². The van der Waals surface area contributed by atoms with Crippen molar-refractivity contribution in [3.63, 3.8) is 0 Å². The first-order chi connectivity index (χ1) is 13.5. The summed E-state index contributed by atoms with van der Waals surface area (Å²) in [6, 6.07) is 18.9. The zero-order valence-electron chi connectivity index (χ0n) is 15.7. The van der Waals surface area contributed by atoms with Gasteiger partial charge >= 0.3 is 0 Å². The highest BCUT2D eigenvalue weighted by Gasteiger charge is 2.27. The van der Waals surface area contributed by atoms with Crippen LogP contribution in [0.2, 0.25) is 5.02 Å². The summed E-state index contributed by atoms with van der Waals surface area (Å²) >= 11 is 6.01. The van der Waals surface area contributed by atoms with Gasteiger partial charge in [0, 0.05) is 11.1 Å². The highest BCUT2D eigenvalue weighted by atomic mass is 35.5. The Morgan fingerprint density at radius 3 is 2.71 bits per heavy atom. The molecule has 140 valence electrons. The van der Waals surface area contributed by atoms with Crippen LogP contribution in [-0.2, 0) is 6.61 Å². The fourth-order valence-corrected chi connectivity index (χ4v) is 3.32. The summed E-state index contributed by atoms with van der Waals surface area (Å²) in [6.07, 6.45) is 1.70. The first kappa shape index (κ1) is 18.3. The predicted molar refractivity (Wildman–Crippen MR) is 111 cm³/mol. The van der Waals surface area contributed by atoms with Crippen molar-refractivity contribution in [2.45, 2.75) is 20.5 Å². The lowest BCUT2D eigenvalue weighted by molar-refractivity contribution is 0.101. The van der Waals surface area contributed by atoms with Gasteiger partial charge in [-0.15, -0.1) is 0 Å². The Hall–Kier alpha value is -3.04. The molecule has 0 saturated heterocycles. The molecule has 1 aliphatic rings. The predicted octanol–water partition coefficient (Wildman–Crippen LogP) is 6.15. The molecule has 0 fully saturated rings. The number of hydrogen-bond acceptors (Lipinski definition) is 3. The molecule has 0 aromatic heterocycles. The molecule has 1 heterocycles.